The average molecular weight is 272 g/mol. The van der Waals surface area contributed by atoms with Crippen molar-refractivity contribution in [2.75, 3.05) is 21.3 Å². The van der Waals surface area contributed by atoms with Crippen molar-refractivity contribution < 1.29 is 27.8 Å². The van der Waals surface area contributed by atoms with Gasteiger partial charge in [-0.1, -0.05) is 0 Å². The van der Waals surface area contributed by atoms with Crippen LogP contribution in [0.15, 0.2) is 18.2 Å². The van der Waals surface area contributed by atoms with Crippen LogP contribution in [0, 0.1) is 11.6 Å². The third kappa shape index (κ3) is 3.84. The molecule has 104 valence electrons. The Morgan fingerprint density at radius 1 is 1.16 bits per heavy atom. The van der Waals surface area contributed by atoms with Gasteiger partial charge in [0.1, 0.15) is 11.6 Å². The summed E-state index contributed by atoms with van der Waals surface area (Å²) < 4.78 is 41.6. The van der Waals surface area contributed by atoms with Crippen LogP contribution >= 0.6 is 0 Å². The summed E-state index contributed by atoms with van der Waals surface area (Å²) >= 11 is 0. The Labute approximate surface area is 109 Å². The van der Waals surface area contributed by atoms with E-state index in [9.17, 15) is 13.6 Å². The van der Waals surface area contributed by atoms with E-state index in [4.69, 9.17) is 9.47 Å². The van der Waals surface area contributed by atoms with Gasteiger partial charge in [-0.3, -0.25) is 0 Å². The molecule has 0 aromatic heterocycles. The zero-order valence-corrected chi connectivity index (χ0v) is 10.8. The first-order chi connectivity index (χ1) is 9.03. The molecule has 0 heterocycles. The van der Waals surface area contributed by atoms with Crippen LogP contribution in [0.4, 0.5) is 8.78 Å². The van der Waals surface area contributed by atoms with Crippen LogP contribution in [0.5, 0.6) is 0 Å². The molecule has 0 spiro atoms. The molecular weight excluding hydrogens is 258 g/mol. The van der Waals surface area contributed by atoms with E-state index in [1.807, 2.05) is 0 Å². The second-order valence-electron chi connectivity index (χ2n) is 3.56. The zero-order chi connectivity index (χ0) is 14.4. The summed E-state index contributed by atoms with van der Waals surface area (Å²) in [6.45, 7) is 0. The topological polar surface area (TPSA) is 44.8 Å². The molecule has 0 aliphatic heterocycles. The number of ether oxygens (including phenoxy) is 3. The van der Waals surface area contributed by atoms with Gasteiger partial charge in [0.25, 0.3) is 0 Å². The molecule has 0 saturated carbocycles. The molecule has 1 rings (SSSR count). The Bertz CT molecular complexity index is 459. The molecule has 19 heavy (non-hydrogen) atoms. The molecule has 0 aliphatic carbocycles. The molecule has 6 heteroatoms. The molecule has 0 saturated heterocycles. The zero-order valence-electron chi connectivity index (χ0n) is 10.8. The number of methoxy groups -OCH3 is 3. The molecule has 0 atom stereocenters. The second-order valence-corrected chi connectivity index (χ2v) is 3.56. The van der Waals surface area contributed by atoms with Crippen molar-refractivity contribution in [3.63, 3.8) is 0 Å². The number of hydrogen-bond donors (Lipinski definition) is 0. The number of rotatable bonds is 5. The second kappa shape index (κ2) is 6.96. The predicted molar refractivity (Wildman–Crippen MR) is 64.2 cm³/mol. The van der Waals surface area contributed by atoms with E-state index in [1.54, 1.807) is 0 Å². The fraction of sp³-hybridized carbons (Fsp3) is 0.308. The number of esters is 1. The van der Waals surface area contributed by atoms with E-state index >= 15 is 0 Å². The molecule has 0 radical (unpaired) electrons. The number of hydrogen-bond acceptors (Lipinski definition) is 4. The summed E-state index contributed by atoms with van der Waals surface area (Å²) in [5, 5.41) is 0. The summed E-state index contributed by atoms with van der Waals surface area (Å²) in [6.07, 6.45) is 1.19. The first kappa shape index (κ1) is 15.3. The summed E-state index contributed by atoms with van der Waals surface area (Å²) in [5.41, 5.74) is -0.129. The van der Waals surface area contributed by atoms with E-state index in [0.29, 0.717) is 0 Å². The molecule has 1 aromatic carbocycles. The third-order valence-electron chi connectivity index (χ3n) is 2.38. The normalized spacial score (nSPS) is 11.3. The Kier molecular flexibility index (Phi) is 5.59. The van der Waals surface area contributed by atoms with Crippen LogP contribution in [0.3, 0.4) is 0 Å². The van der Waals surface area contributed by atoms with Gasteiger partial charge in [0, 0.05) is 20.3 Å². The average Bonchev–Trinajstić information content (AvgIpc) is 2.40. The maximum absolute atomic E-state index is 13.8. The smallest absolute Gasteiger partial charge is 0.330 e. The largest absolute Gasteiger partial charge is 0.466 e. The fourth-order valence-corrected chi connectivity index (χ4v) is 1.49. The number of carbonyl (C=O) groups is 1. The van der Waals surface area contributed by atoms with Crippen molar-refractivity contribution in [3.05, 3.63) is 41.0 Å². The Balaban J connectivity index is 3.09. The maximum atomic E-state index is 13.8. The van der Waals surface area contributed by atoms with Crippen LogP contribution in [-0.2, 0) is 19.0 Å². The van der Waals surface area contributed by atoms with E-state index in [-0.39, 0.29) is 11.1 Å². The molecule has 0 N–H and O–H groups in total. The Morgan fingerprint density at radius 2 is 1.68 bits per heavy atom. The van der Waals surface area contributed by atoms with Gasteiger partial charge in [-0.05, 0) is 23.8 Å². The maximum Gasteiger partial charge on any atom is 0.330 e. The lowest BCUT2D eigenvalue weighted by Gasteiger charge is -2.15. The molecule has 0 aliphatic rings. The minimum absolute atomic E-state index is 0.190. The van der Waals surface area contributed by atoms with Crippen molar-refractivity contribution in [2.45, 2.75) is 6.29 Å². The number of halogens is 2. The summed E-state index contributed by atoms with van der Waals surface area (Å²) in [4.78, 5) is 10.9. The summed E-state index contributed by atoms with van der Waals surface area (Å²) in [6, 6.07) is 2.14. The van der Waals surface area contributed by atoms with Gasteiger partial charge in [0.15, 0.2) is 6.29 Å². The van der Waals surface area contributed by atoms with Gasteiger partial charge in [0.05, 0.1) is 12.7 Å². The molecule has 0 fully saturated rings. The van der Waals surface area contributed by atoms with Gasteiger partial charge in [-0.25, -0.2) is 13.6 Å². The van der Waals surface area contributed by atoms with Crippen molar-refractivity contribution in [3.8, 4) is 0 Å². The fourth-order valence-electron chi connectivity index (χ4n) is 1.49. The molecule has 1 aromatic rings. The number of benzene rings is 1. The highest BCUT2D eigenvalue weighted by Crippen LogP contribution is 2.25. The monoisotopic (exact) mass is 272 g/mol. The van der Waals surface area contributed by atoms with Gasteiger partial charge >= 0.3 is 5.97 Å². The molecule has 0 bridgehead atoms. The van der Waals surface area contributed by atoms with Crippen LogP contribution in [0.1, 0.15) is 17.4 Å². The van der Waals surface area contributed by atoms with Crippen molar-refractivity contribution in [2.24, 2.45) is 0 Å². The van der Waals surface area contributed by atoms with Crippen molar-refractivity contribution >= 4 is 12.0 Å². The molecule has 4 nitrogen and oxygen atoms in total. The first-order valence-corrected chi connectivity index (χ1v) is 5.34. The lowest BCUT2D eigenvalue weighted by Crippen LogP contribution is -2.09. The molecular formula is C13H14F2O4. The molecule has 0 unspecified atom stereocenters. The van der Waals surface area contributed by atoms with Gasteiger partial charge in [-0.15, -0.1) is 0 Å². The van der Waals surface area contributed by atoms with E-state index in [1.165, 1.54) is 27.4 Å². The van der Waals surface area contributed by atoms with Crippen molar-refractivity contribution in [1.29, 1.82) is 0 Å². The molecule has 0 amide bonds. The number of carbonyl (C=O) groups excluding carboxylic acids is 1. The third-order valence-corrected chi connectivity index (χ3v) is 2.38. The van der Waals surface area contributed by atoms with Crippen LogP contribution in [0.2, 0.25) is 0 Å². The van der Waals surface area contributed by atoms with Crippen LogP contribution in [-0.4, -0.2) is 27.3 Å². The minimum Gasteiger partial charge on any atom is -0.466 e. The Morgan fingerprint density at radius 3 is 2.11 bits per heavy atom. The van der Waals surface area contributed by atoms with Crippen LogP contribution in [0.25, 0.3) is 6.08 Å². The highest BCUT2D eigenvalue weighted by molar-refractivity contribution is 5.86. The predicted octanol–water partition coefficient (Wildman–Crippen LogP) is 2.44. The summed E-state index contributed by atoms with van der Waals surface area (Å²) in [7, 11) is 3.76. The highest BCUT2D eigenvalue weighted by atomic mass is 19.1. The van der Waals surface area contributed by atoms with Crippen molar-refractivity contribution in [1.82, 2.24) is 0 Å². The SMILES string of the molecule is COC(=O)/C=C/c1cc(F)c(C(OC)OC)c(F)c1. The quantitative estimate of drug-likeness (QED) is 0.469. The lowest BCUT2D eigenvalue weighted by atomic mass is 10.1. The standard InChI is InChI=1S/C13H14F2O4/c1-17-11(16)5-4-8-6-9(14)12(10(15)7-8)13(18-2)19-3/h4-7,13H,1-3H3/b5-4+. The highest BCUT2D eigenvalue weighted by Gasteiger charge is 2.20. The minimum atomic E-state index is -1.13. The van der Waals surface area contributed by atoms with Gasteiger partial charge in [0.2, 0.25) is 0 Å². The Hall–Kier alpha value is -1.79. The first-order valence-electron chi connectivity index (χ1n) is 5.34. The lowest BCUT2D eigenvalue weighted by molar-refractivity contribution is -0.134. The van der Waals surface area contributed by atoms with Crippen LogP contribution < -0.4 is 0 Å². The van der Waals surface area contributed by atoms with Gasteiger partial charge < -0.3 is 14.2 Å². The van der Waals surface area contributed by atoms with E-state index < -0.39 is 23.9 Å². The summed E-state index contributed by atoms with van der Waals surface area (Å²) in [5.74, 6) is -2.26. The van der Waals surface area contributed by atoms with E-state index in [2.05, 4.69) is 4.74 Å². The van der Waals surface area contributed by atoms with E-state index in [0.717, 1.165) is 18.2 Å². The van der Waals surface area contributed by atoms with Gasteiger partial charge in [-0.2, -0.15) is 0 Å².